The van der Waals surface area contributed by atoms with Crippen LogP contribution in [0.25, 0.3) is 0 Å². The molecule has 1 aromatic carbocycles. The zero-order valence-electron chi connectivity index (χ0n) is 10.8. The first kappa shape index (κ1) is 12.8. The van der Waals surface area contributed by atoms with Crippen LogP contribution in [0.5, 0.6) is 0 Å². The molecule has 0 saturated heterocycles. The number of hydrogen-bond acceptors (Lipinski definition) is 2. The van der Waals surface area contributed by atoms with Crippen LogP contribution in [0.1, 0.15) is 30.4 Å². The molecule has 18 heavy (non-hydrogen) atoms. The van der Waals surface area contributed by atoms with Gasteiger partial charge in [-0.05, 0) is 42.0 Å². The summed E-state index contributed by atoms with van der Waals surface area (Å²) in [4.78, 5) is 4.04. The highest BCUT2D eigenvalue weighted by atomic mass is 14.7. The fourth-order valence-corrected chi connectivity index (χ4v) is 2.14. The molecular formula is C16H20N2. The first-order valence-corrected chi connectivity index (χ1v) is 6.47. The van der Waals surface area contributed by atoms with E-state index in [0.717, 1.165) is 12.8 Å². The van der Waals surface area contributed by atoms with Crippen molar-refractivity contribution in [3.8, 4) is 0 Å². The maximum atomic E-state index is 6.28. The lowest BCUT2D eigenvalue weighted by Crippen LogP contribution is -2.27. The van der Waals surface area contributed by atoms with Crippen LogP contribution in [0.2, 0.25) is 0 Å². The molecule has 0 radical (unpaired) electrons. The normalized spacial score (nSPS) is 14.1. The van der Waals surface area contributed by atoms with Gasteiger partial charge in [-0.25, -0.2) is 0 Å². The maximum Gasteiger partial charge on any atom is 0.0270 e. The first-order chi connectivity index (χ1) is 8.77. The van der Waals surface area contributed by atoms with E-state index in [2.05, 4.69) is 36.2 Å². The topological polar surface area (TPSA) is 38.9 Å². The summed E-state index contributed by atoms with van der Waals surface area (Å²) in [6.07, 6.45) is 5.70. The van der Waals surface area contributed by atoms with E-state index in [1.807, 2.05) is 30.6 Å². The number of pyridine rings is 1. The molecule has 0 spiro atoms. The summed E-state index contributed by atoms with van der Waals surface area (Å²) >= 11 is 0. The third-order valence-electron chi connectivity index (χ3n) is 3.48. The van der Waals surface area contributed by atoms with Gasteiger partial charge in [0.05, 0.1) is 0 Å². The minimum atomic E-state index is 0.188. The molecule has 94 valence electrons. The van der Waals surface area contributed by atoms with Crippen LogP contribution in [0.3, 0.4) is 0 Å². The van der Waals surface area contributed by atoms with Crippen molar-refractivity contribution in [1.82, 2.24) is 4.98 Å². The van der Waals surface area contributed by atoms with Gasteiger partial charge in [0.2, 0.25) is 0 Å². The predicted octanol–water partition coefficient (Wildman–Crippen LogP) is 3.15. The van der Waals surface area contributed by atoms with E-state index in [4.69, 9.17) is 5.73 Å². The van der Waals surface area contributed by atoms with Crippen molar-refractivity contribution in [1.29, 1.82) is 0 Å². The number of hydrogen-bond donors (Lipinski definition) is 1. The summed E-state index contributed by atoms with van der Waals surface area (Å²) in [5, 5.41) is 0. The quantitative estimate of drug-likeness (QED) is 0.872. The lowest BCUT2D eigenvalue weighted by molar-refractivity contribution is 0.528. The van der Waals surface area contributed by atoms with Crippen molar-refractivity contribution in [3.63, 3.8) is 0 Å². The highest BCUT2D eigenvalue weighted by molar-refractivity contribution is 5.18. The van der Waals surface area contributed by atoms with E-state index < -0.39 is 0 Å². The van der Waals surface area contributed by atoms with Crippen LogP contribution in [-0.4, -0.2) is 11.0 Å². The highest BCUT2D eigenvalue weighted by Gasteiger charge is 2.14. The first-order valence-electron chi connectivity index (χ1n) is 6.47. The number of aromatic nitrogens is 1. The summed E-state index contributed by atoms with van der Waals surface area (Å²) in [6.45, 7) is 2.19. The number of nitrogens with zero attached hydrogens (tertiary/aromatic N) is 1. The Kier molecular flexibility index (Phi) is 4.48. The Labute approximate surface area is 109 Å². The summed E-state index contributed by atoms with van der Waals surface area (Å²) < 4.78 is 0. The molecule has 1 aromatic heterocycles. The maximum absolute atomic E-state index is 6.28. The Balaban J connectivity index is 1.90. The number of nitrogens with two attached hydrogens (primary N) is 1. The van der Waals surface area contributed by atoms with Crippen molar-refractivity contribution >= 4 is 0 Å². The minimum Gasteiger partial charge on any atom is -0.327 e. The van der Waals surface area contributed by atoms with Gasteiger partial charge in [0.15, 0.2) is 0 Å². The molecule has 0 saturated carbocycles. The average molecular weight is 240 g/mol. The van der Waals surface area contributed by atoms with Gasteiger partial charge in [-0.15, -0.1) is 0 Å². The van der Waals surface area contributed by atoms with E-state index in [0.29, 0.717) is 5.92 Å². The number of rotatable bonds is 5. The zero-order chi connectivity index (χ0) is 12.8. The van der Waals surface area contributed by atoms with Crippen LogP contribution in [0, 0.1) is 0 Å². The standard InChI is InChI=1S/C16H20N2/c1-13(15-9-11-18-12-10-15)16(17)8-7-14-5-3-2-4-6-14/h2-6,9-13,16H,7-8,17H2,1H3. The largest absolute Gasteiger partial charge is 0.327 e. The minimum absolute atomic E-state index is 0.188. The molecule has 2 nitrogen and oxygen atoms in total. The summed E-state index contributed by atoms with van der Waals surface area (Å²) in [5.41, 5.74) is 8.90. The van der Waals surface area contributed by atoms with Gasteiger partial charge in [-0.1, -0.05) is 37.3 Å². The molecule has 0 amide bonds. The van der Waals surface area contributed by atoms with Crippen LogP contribution in [0.15, 0.2) is 54.9 Å². The molecule has 0 aliphatic carbocycles. The zero-order valence-corrected chi connectivity index (χ0v) is 10.8. The van der Waals surface area contributed by atoms with E-state index in [9.17, 15) is 0 Å². The van der Waals surface area contributed by atoms with Gasteiger partial charge in [-0.3, -0.25) is 4.98 Å². The fraction of sp³-hybridized carbons (Fsp3) is 0.312. The highest BCUT2D eigenvalue weighted by Crippen LogP contribution is 2.20. The Morgan fingerprint density at radius 3 is 2.39 bits per heavy atom. The monoisotopic (exact) mass is 240 g/mol. The number of aryl methyl sites for hydroxylation is 1. The van der Waals surface area contributed by atoms with Gasteiger partial charge in [0, 0.05) is 18.4 Å². The van der Waals surface area contributed by atoms with Crippen molar-refractivity contribution in [2.45, 2.75) is 31.7 Å². The molecule has 2 rings (SSSR count). The second-order valence-electron chi connectivity index (χ2n) is 4.76. The van der Waals surface area contributed by atoms with Gasteiger partial charge >= 0.3 is 0 Å². The predicted molar refractivity (Wildman–Crippen MR) is 75.4 cm³/mol. The SMILES string of the molecule is CC(c1ccncc1)C(N)CCc1ccccc1. The van der Waals surface area contributed by atoms with E-state index in [1.165, 1.54) is 11.1 Å². The molecule has 2 aromatic rings. The Hall–Kier alpha value is -1.67. The molecule has 2 heteroatoms. The third kappa shape index (κ3) is 3.41. The summed E-state index contributed by atoms with van der Waals surface area (Å²) in [5.74, 6) is 0.372. The Bertz CT molecular complexity index is 453. The van der Waals surface area contributed by atoms with Gasteiger partial charge in [-0.2, -0.15) is 0 Å². The smallest absolute Gasteiger partial charge is 0.0270 e. The molecule has 0 aliphatic rings. The molecule has 0 aliphatic heterocycles. The second-order valence-corrected chi connectivity index (χ2v) is 4.76. The summed E-state index contributed by atoms with van der Waals surface area (Å²) in [7, 11) is 0. The lowest BCUT2D eigenvalue weighted by Gasteiger charge is -2.20. The van der Waals surface area contributed by atoms with Crippen LogP contribution < -0.4 is 5.73 Å². The molecule has 0 bridgehead atoms. The molecule has 1 heterocycles. The Morgan fingerprint density at radius 2 is 1.72 bits per heavy atom. The molecular weight excluding hydrogens is 220 g/mol. The number of benzene rings is 1. The fourth-order valence-electron chi connectivity index (χ4n) is 2.14. The van der Waals surface area contributed by atoms with Crippen LogP contribution in [0.4, 0.5) is 0 Å². The molecule has 2 N–H and O–H groups in total. The van der Waals surface area contributed by atoms with Crippen molar-refractivity contribution in [2.75, 3.05) is 0 Å². The van der Waals surface area contributed by atoms with Crippen molar-refractivity contribution < 1.29 is 0 Å². The average Bonchev–Trinajstić information content (AvgIpc) is 2.46. The van der Waals surface area contributed by atoms with Gasteiger partial charge in [0.25, 0.3) is 0 Å². The van der Waals surface area contributed by atoms with E-state index in [-0.39, 0.29) is 6.04 Å². The van der Waals surface area contributed by atoms with Crippen molar-refractivity contribution in [3.05, 3.63) is 66.0 Å². The third-order valence-corrected chi connectivity index (χ3v) is 3.48. The lowest BCUT2D eigenvalue weighted by atomic mass is 9.90. The van der Waals surface area contributed by atoms with E-state index in [1.54, 1.807) is 0 Å². The molecule has 2 unspecified atom stereocenters. The summed E-state index contributed by atoms with van der Waals surface area (Å²) in [6, 6.07) is 14.8. The van der Waals surface area contributed by atoms with Crippen LogP contribution in [-0.2, 0) is 6.42 Å². The van der Waals surface area contributed by atoms with Crippen molar-refractivity contribution in [2.24, 2.45) is 5.73 Å². The van der Waals surface area contributed by atoms with Gasteiger partial charge < -0.3 is 5.73 Å². The molecule has 0 fully saturated rings. The molecule has 2 atom stereocenters. The van der Waals surface area contributed by atoms with Crippen LogP contribution >= 0.6 is 0 Å². The second kappa shape index (κ2) is 6.31. The van der Waals surface area contributed by atoms with Gasteiger partial charge in [0.1, 0.15) is 0 Å². The Morgan fingerprint density at radius 1 is 1.06 bits per heavy atom. The van der Waals surface area contributed by atoms with E-state index >= 15 is 0 Å².